The molecule has 5 nitrogen and oxygen atoms in total. The topological polar surface area (TPSA) is 65.6 Å². The number of nitrogens with one attached hydrogen (secondary N) is 3. The Labute approximate surface area is 72.0 Å². The Morgan fingerprint density at radius 3 is 2.67 bits per heavy atom. The van der Waals surface area contributed by atoms with Gasteiger partial charge in [-0.05, 0) is 6.42 Å². The monoisotopic (exact) mass is 169 g/mol. The first-order valence-electron chi connectivity index (χ1n) is 4.21. The van der Waals surface area contributed by atoms with Gasteiger partial charge < -0.3 is 10.6 Å². The van der Waals surface area contributed by atoms with Crippen molar-refractivity contribution in [2.75, 3.05) is 24.2 Å². The molecule has 1 rings (SSSR count). The first-order chi connectivity index (χ1) is 5.86. The van der Waals surface area contributed by atoms with Crippen LogP contribution < -0.4 is 10.6 Å². The van der Waals surface area contributed by atoms with E-state index in [2.05, 4.69) is 32.7 Å². The van der Waals surface area contributed by atoms with E-state index in [0.29, 0.717) is 5.95 Å². The fourth-order valence-corrected chi connectivity index (χ4v) is 0.838. The molecule has 0 aromatic carbocycles. The molecular formula is C7H15N5. The number of aromatic amines is 1. The first kappa shape index (κ1) is 8.83. The maximum Gasteiger partial charge on any atom is 0.223 e. The largest absolute Gasteiger partial charge is 0.358 e. The lowest BCUT2D eigenvalue weighted by Gasteiger charge is -1.98. The molecule has 12 heavy (non-hydrogen) atoms. The summed E-state index contributed by atoms with van der Waals surface area (Å²) in [6.07, 6.45) is 2.33. The quantitative estimate of drug-likeness (QED) is 0.577. The predicted octanol–water partition coefficient (Wildman–Crippen LogP) is 1.06. The first-order valence-corrected chi connectivity index (χ1v) is 4.21. The SMILES string of the molecule is CCCCNc1nnc(NC)[nH]1. The molecule has 68 valence electrons. The summed E-state index contributed by atoms with van der Waals surface area (Å²) in [6, 6.07) is 0. The smallest absolute Gasteiger partial charge is 0.223 e. The molecule has 0 amide bonds. The van der Waals surface area contributed by atoms with Crippen molar-refractivity contribution in [3.8, 4) is 0 Å². The van der Waals surface area contributed by atoms with Crippen molar-refractivity contribution in [2.24, 2.45) is 0 Å². The van der Waals surface area contributed by atoms with Crippen LogP contribution in [0.15, 0.2) is 0 Å². The molecule has 0 spiro atoms. The van der Waals surface area contributed by atoms with Crippen molar-refractivity contribution in [3.05, 3.63) is 0 Å². The van der Waals surface area contributed by atoms with Gasteiger partial charge >= 0.3 is 0 Å². The van der Waals surface area contributed by atoms with E-state index in [1.54, 1.807) is 7.05 Å². The number of hydrogen-bond acceptors (Lipinski definition) is 4. The van der Waals surface area contributed by atoms with E-state index in [0.717, 1.165) is 18.9 Å². The lowest BCUT2D eigenvalue weighted by molar-refractivity contribution is 0.827. The van der Waals surface area contributed by atoms with Gasteiger partial charge in [0.15, 0.2) is 0 Å². The Hall–Kier alpha value is -1.26. The summed E-state index contributed by atoms with van der Waals surface area (Å²) in [7, 11) is 1.80. The summed E-state index contributed by atoms with van der Waals surface area (Å²) >= 11 is 0. The summed E-state index contributed by atoms with van der Waals surface area (Å²) in [5.74, 6) is 1.42. The van der Waals surface area contributed by atoms with Crippen LogP contribution in [0.3, 0.4) is 0 Å². The van der Waals surface area contributed by atoms with Crippen molar-refractivity contribution in [1.29, 1.82) is 0 Å². The number of H-pyrrole nitrogens is 1. The van der Waals surface area contributed by atoms with Crippen LogP contribution in [0.2, 0.25) is 0 Å². The van der Waals surface area contributed by atoms with Gasteiger partial charge in [0.2, 0.25) is 11.9 Å². The van der Waals surface area contributed by atoms with Crippen LogP contribution >= 0.6 is 0 Å². The second-order valence-electron chi connectivity index (χ2n) is 2.55. The van der Waals surface area contributed by atoms with E-state index in [1.165, 1.54) is 6.42 Å². The van der Waals surface area contributed by atoms with E-state index in [1.807, 2.05) is 0 Å². The van der Waals surface area contributed by atoms with Gasteiger partial charge in [-0.2, -0.15) is 0 Å². The van der Waals surface area contributed by atoms with Crippen LogP contribution in [0.4, 0.5) is 11.9 Å². The highest BCUT2D eigenvalue weighted by atomic mass is 15.3. The molecule has 5 heteroatoms. The number of rotatable bonds is 5. The highest BCUT2D eigenvalue weighted by Crippen LogP contribution is 2.01. The standard InChI is InChI=1S/C7H15N5/c1-3-4-5-9-7-10-6(8-2)11-12-7/h3-5H2,1-2H3,(H3,8,9,10,11,12). The molecule has 1 aromatic rings. The highest BCUT2D eigenvalue weighted by Gasteiger charge is 1.97. The van der Waals surface area contributed by atoms with E-state index in [4.69, 9.17) is 0 Å². The van der Waals surface area contributed by atoms with E-state index in [9.17, 15) is 0 Å². The minimum absolute atomic E-state index is 0.689. The lowest BCUT2D eigenvalue weighted by atomic mass is 10.3. The normalized spacial score (nSPS) is 9.83. The molecule has 1 aromatic heterocycles. The van der Waals surface area contributed by atoms with Crippen LogP contribution in [0.1, 0.15) is 19.8 Å². The number of unbranched alkanes of at least 4 members (excludes halogenated alkanes) is 1. The Kier molecular flexibility index (Phi) is 3.37. The highest BCUT2D eigenvalue weighted by molar-refractivity contribution is 5.32. The lowest BCUT2D eigenvalue weighted by Crippen LogP contribution is -2.02. The third-order valence-corrected chi connectivity index (χ3v) is 1.55. The molecule has 0 fully saturated rings. The predicted molar refractivity (Wildman–Crippen MR) is 49.3 cm³/mol. The van der Waals surface area contributed by atoms with E-state index in [-0.39, 0.29) is 0 Å². The van der Waals surface area contributed by atoms with Crippen molar-refractivity contribution >= 4 is 11.9 Å². The number of aromatic nitrogens is 3. The molecule has 0 saturated carbocycles. The average Bonchev–Trinajstić information content (AvgIpc) is 2.53. The molecule has 0 aliphatic heterocycles. The fourth-order valence-electron chi connectivity index (χ4n) is 0.838. The van der Waals surface area contributed by atoms with Crippen molar-refractivity contribution < 1.29 is 0 Å². The van der Waals surface area contributed by atoms with Gasteiger partial charge in [-0.1, -0.05) is 13.3 Å². The van der Waals surface area contributed by atoms with Crippen LogP contribution in [0, 0.1) is 0 Å². The zero-order chi connectivity index (χ0) is 8.81. The summed E-state index contributed by atoms with van der Waals surface area (Å²) < 4.78 is 0. The third kappa shape index (κ3) is 2.41. The fraction of sp³-hybridized carbons (Fsp3) is 0.714. The van der Waals surface area contributed by atoms with Gasteiger partial charge in [-0.15, -0.1) is 10.2 Å². The molecule has 0 bridgehead atoms. The summed E-state index contributed by atoms with van der Waals surface area (Å²) in [5, 5.41) is 13.7. The number of anilines is 2. The van der Waals surface area contributed by atoms with Crippen molar-refractivity contribution in [2.45, 2.75) is 19.8 Å². The molecule has 0 aliphatic rings. The Balaban J connectivity index is 2.31. The van der Waals surface area contributed by atoms with Gasteiger partial charge in [-0.3, -0.25) is 4.98 Å². The van der Waals surface area contributed by atoms with Crippen molar-refractivity contribution in [1.82, 2.24) is 15.2 Å². The molecule has 0 aliphatic carbocycles. The van der Waals surface area contributed by atoms with Crippen LogP contribution in [-0.4, -0.2) is 28.8 Å². The van der Waals surface area contributed by atoms with Crippen LogP contribution in [-0.2, 0) is 0 Å². The molecule has 0 unspecified atom stereocenters. The maximum atomic E-state index is 3.88. The maximum absolute atomic E-state index is 3.88. The zero-order valence-electron chi connectivity index (χ0n) is 7.52. The minimum Gasteiger partial charge on any atom is -0.358 e. The number of hydrogen-bond donors (Lipinski definition) is 3. The molecule has 0 saturated heterocycles. The zero-order valence-corrected chi connectivity index (χ0v) is 7.52. The second kappa shape index (κ2) is 4.58. The average molecular weight is 169 g/mol. The molecule has 3 N–H and O–H groups in total. The van der Waals surface area contributed by atoms with Gasteiger partial charge in [-0.25, -0.2) is 0 Å². The Morgan fingerprint density at radius 2 is 2.08 bits per heavy atom. The van der Waals surface area contributed by atoms with Crippen molar-refractivity contribution in [3.63, 3.8) is 0 Å². The molecular weight excluding hydrogens is 154 g/mol. The molecule has 0 radical (unpaired) electrons. The molecule has 1 heterocycles. The molecule has 0 atom stereocenters. The third-order valence-electron chi connectivity index (χ3n) is 1.55. The van der Waals surface area contributed by atoms with E-state index < -0.39 is 0 Å². The van der Waals surface area contributed by atoms with Gasteiger partial charge in [0.05, 0.1) is 0 Å². The minimum atomic E-state index is 0.689. The Morgan fingerprint density at radius 1 is 1.33 bits per heavy atom. The number of nitrogens with zero attached hydrogens (tertiary/aromatic N) is 2. The summed E-state index contributed by atoms with van der Waals surface area (Å²) in [4.78, 5) is 2.98. The summed E-state index contributed by atoms with van der Waals surface area (Å²) in [5.41, 5.74) is 0. The van der Waals surface area contributed by atoms with Gasteiger partial charge in [0, 0.05) is 13.6 Å². The van der Waals surface area contributed by atoms with Crippen LogP contribution in [0.5, 0.6) is 0 Å². The summed E-state index contributed by atoms with van der Waals surface area (Å²) in [6.45, 7) is 3.09. The Bertz CT molecular complexity index is 219. The van der Waals surface area contributed by atoms with Crippen LogP contribution in [0.25, 0.3) is 0 Å². The van der Waals surface area contributed by atoms with E-state index >= 15 is 0 Å². The van der Waals surface area contributed by atoms with Gasteiger partial charge in [0.25, 0.3) is 0 Å². The van der Waals surface area contributed by atoms with Gasteiger partial charge in [0.1, 0.15) is 0 Å². The second-order valence-corrected chi connectivity index (χ2v) is 2.55.